The van der Waals surface area contributed by atoms with Crippen molar-refractivity contribution in [1.29, 1.82) is 0 Å². The van der Waals surface area contributed by atoms with E-state index in [0.29, 0.717) is 18.0 Å². The highest BCUT2D eigenvalue weighted by Crippen LogP contribution is 2.33. The highest BCUT2D eigenvalue weighted by atomic mass is 32.2. The predicted octanol–water partition coefficient (Wildman–Crippen LogP) is 2.34. The number of hydrogen-bond donors (Lipinski definition) is 0. The molecule has 2 fully saturated rings. The van der Waals surface area contributed by atoms with Crippen molar-refractivity contribution in [2.24, 2.45) is 15.9 Å². The van der Waals surface area contributed by atoms with Gasteiger partial charge in [0.2, 0.25) is 0 Å². The van der Waals surface area contributed by atoms with E-state index in [9.17, 15) is 0 Å². The first-order chi connectivity index (χ1) is 12.1. The van der Waals surface area contributed by atoms with E-state index in [4.69, 9.17) is 4.99 Å². The third-order valence-corrected chi connectivity index (χ3v) is 6.50. The summed E-state index contributed by atoms with van der Waals surface area (Å²) in [5, 5.41) is 2.12. The molecule has 1 aromatic rings. The summed E-state index contributed by atoms with van der Waals surface area (Å²) in [6.45, 7) is 12.5. The van der Waals surface area contributed by atoms with E-state index in [1.54, 1.807) is 0 Å². The highest BCUT2D eigenvalue weighted by Gasteiger charge is 2.26. The van der Waals surface area contributed by atoms with E-state index in [1.807, 2.05) is 18.1 Å². The van der Waals surface area contributed by atoms with Gasteiger partial charge in [-0.1, -0.05) is 31.9 Å². The lowest BCUT2D eigenvalue weighted by Gasteiger charge is -2.28. The second-order valence-corrected chi connectivity index (χ2v) is 8.11. The zero-order valence-corrected chi connectivity index (χ0v) is 16.3. The normalized spacial score (nSPS) is 27.1. The third-order valence-electron chi connectivity index (χ3n) is 5.62. The number of pyridine rings is 1. The van der Waals surface area contributed by atoms with Crippen LogP contribution in [0.25, 0.3) is 12.8 Å². The van der Waals surface area contributed by atoms with Crippen LogP contribution in [0.1, 0.15) is 45.1 Å². The van der Waals surface area contributed by atoms with Crippen LogP contribution < -0.4 is 16.1 Å². The first kappa shape index (κ1) is 18.5. The van der Waals surface area contributed by atoms with Crippen molar-refractivity contribution in [2.45, 2.75) is 51.1 Å². The highest BCUT2D eigenvalue weighted by molar-refractivity contribution is 7.96. The van der Waals surface area contributed by atoms with Crippen LogP contribution in [0.15, 0.2) is 22.1 Å². The molecular formula is C20H30N4S. The van der Waals surface area contributed by atoms with Crippen molar-refractivity contribution in [1.82, 2.24) is 8.87 Å². The summed E-state index contributed by atoms with van der Waals surface area (Å²) in [4.78, 5) is 9.23. The smallest absolute Gasteiger partial charge is 0.137 e. The van der Waals surface area contributed by atoms with Crippen molar-refractivity contribution in [3.05, 3.63) is 28.2 Å². The van der Waals surface area contributed by atoms with E-state index in [-0.39, 0.29) is 0 Å². The summed E-state index contributed by atoms with van der Waals surface area (Å²) < 4.78 is 4.81. The van der Waals surface area contributed by atoms with Gasteiger partial charge in [0.1, 0.15) is 5.49 Å². The average Bonchev–Trinajstić information content (AvgIpc) is 3.04. The Labute approximate surface area is 155 Å². The van der Waals surface area contributed by atoms with Gasteiger partial charge in [0.15, 0.2) is 0 Å². The molecule has 1 aliphatic carbocycles. The Morgan fingerprint density at radius 3 is 2.56 bits per heavy atom. The molecule has 2 heterocycles. The summed E-state index contributed by atoms with van der Waals surface area (Å²) in [5.41, 5.74) is 1.06. The Kier molecular flexibility index (Phi) is 6.18. The summed E-state index contributed by atoms with van der Waals surface area (Å²) in [6.07, 6.45) is 10.0. The molecule has 0 radical (unpaired) electrons. The minimum absolute atomic E-state index is 0.380. The quantitative estimate of drug-likeness (QED) is 0.611. The van der Waals surface area contributed by atoms with Gasteiger partial charge in [-0.15, -0.1) is 0 Å². The number of piperidine rings is 1. The number of aliphatic imine (C=N–C) groups is 1. The molecule has 0 bridgehead atoms. The number of rotatable bonds is 4. The number of aromatic nitrogens is 1. The van der Waals surface area contributed by atoms with E-state index < -0.39 is 0 Å². The lowest BCUT2D eigenvalue weighted by atomic mass is 10.1. The molecule has 1 aromatic heterocycles. The first-order valence-corrected chi connectivity index (χ1v) is 10.5. The van der Waals surface area contributed by atoms with Crippen LogP contribution in [0.3, 0.4) is 0 Å². The molecule has 4 nitrogen and oxygen atoms in total. The van der Waals surface area contributed by atoms with Crippen LogP contribution in [-0.4, -0.2) is 41.0 Å². The molecule has 25 heavy (non-hydrogen) atoms. The Bertz CT molecular complexity index is 774. The Balaban J connectivity index is 2.08. The van der Waals surface area contributed by atoms with Gasteiger partial charge in [-0.2, -0.15) is 0 Å². The van der Waals surface area contributed by atoms with Gasteiger partial charge >= 0.3 is 0 Å². The minimum Gasteiger partial charge on any atom is -0.323 e. The van der Waals surface area contributed by atoms with Gasteiger partial charge in [-0.25, -0.2) is 0 Å². The molecule has 1 saturated heterocycles. The summed E-state index contributed by atoms with van der Waals surface area (Å²) >= 11 is 1.84. The molecular weight excluding hydrogens is 328 g/mol. The third kappa shape index (κ3) is 4.09. The maximum Gasteiger partial charge on any atom is 0.137 e. The molecule has 0 N–H and O–H groups in total. The van der Waals surface area contributed by atoms with E-state index in [0.717, 1.165) is 42.0 Å². The lowest BCUT2D eigenvalue weighted by Crippen LogP contribution is -2.46. The molecule has 2 unspecified atom stereocenters. The molecule has 2 aliphatic rings. The monoisotopic (exact) mass is 358 g/mol. The van der Waals surface area contributed by atoms with E-state index in [1.165, 1.54) is 19.3 Å². The number of hydrogen-bond acceptors (Lipinski definition) is 4. The molecule has 136 valence electrons. The molecule has 1 aliphatic heterocycles. The zero-order chi connectivity index (χ0) is 17.8. The molecule has 0 amide bonds. The SMILES string of the molecule is C=N/C=c1/ccc(=C)n(C2CCCC2C)c1=NC1CCN(SC)CC1. The average molecular weight is 359 g/mol. The van der Waals surface area contributed by atoms with Crippen molar-refractivity contribution >= 4 is 31.4 Å². The molecule has 0 aromatic carbocycles. The molecule has 2 atom stereocenters. The minimum atomic E-state index is 0.380. The topological polar surface area (TPSA) is 32.9 Å². The van der Waals surface area contributed by atoms with Gasteiger partial charge in [0.25, 0.3) is 0 Å². The fourth-order valence-electron chi connectivity index (χ4n) is 4.16. The van der Waals surface area contributed by atoms with Crippen molar-refractivity contribution in [3.8, 4) is 0 Å². The maximum atomic E-state index is 5.21. The van der Waals surface area contributed by atoms with Crippen molar-refractivity contribution in [2.75, 3.05) is 19.3 Å². The van der Waals surface area contributed by atoms with Crippen LogP contribution in [0.2, 0.25) is 0 Å². The fourth-order valence-corrected chi connectivity index (χ4v) is 4.73. The van der Waals surface area contributed by atoms with Crippen LogP contribution in [-0.2, 0) is 0 Å². The van der Waals surface area contributed by atoms with Gasteiger partial charge in [-0.05, 0) is 56.7 Å². The standard InChI is InChI=1S/C20H30N4S/c1-15-6-5-7-19(15)24-16(2)8-9-17(14-21-3)20(24)22-18-10-12-23(25-4)13-11-18/h8-9,14-15,18-19H,2-3,5-7,10-13H2,1,4H3/b17-14-,22-20?. The fraction of sp³-hybridized carbons (Fsp3) is 0.600. The lowest BCUT2D eigenvalue weighted by molar-refractivity contribution is 0.336. The Morgan fingerprint density at radius 2 is 1.96 bits per heavy atom. The summed E-state index contributed by atoms with van der Waals surface area (Å²) in [6, 6.07) is 5.06. The maximum absolute atomic E-state index is 5.21. The van der Waals surface area contributed by atoms with Crippen LogP contribution in [0.4, 0.5) is 0 Å². The van der Waals surface area contributed by atoms with Gasteiger partial charge in [-0.3, -0.25) is 14.3 Å². The summed E-state index contributed by atoms with van der Waals surface area (Å²) in [5.74, 6) is 0.671. The molecule has 1 saturated carbocycles. The van der Waals surface area contributed by atoms with Gasteiger partial charge in [0.05, 0.1) is 6.04 Å². The molecule has 0 spiro atoms. The largest absolute Gasteiger partial charge is 0.323 e. The summed E-state index contributed by atoms with van der Waals surface area (Å²) in [7, 11) is 0. The predicted molar refractivity (Wildman–Crippen MR) is 109 cm³/mol. The van der Waals surface area contributed by atoms with Crippen molar-refractivity contribution in [3.63, 3.8) is 0 Å². The van der Waals surface area contributed by atoms with Gasteiger partial charge < -0.3 is 4.57 Å². The second kappa shape index (κ2) is 8.37. The van der Waals surface area contributed by atoms with Crippen LogP contribution >= 0.6 is 11.9 Å². The Hall–Kier alpha value is -1.33. The number of nitrogens with zero attached hydrogens (tertiary/aromatic N) is 4. The first-order valence-electron chi connectivity index (χ1n) is 9.33. The molecule has 5 heteroatoms. The van der Waals surface area contributed by atoms with Crippen LogP contribution in [0, 0.1) is 5.92 Å². The van der Waals surface area contributed by atoms with Crippen LogP contribution in [0.5, 0.6) is 0 Å². The van der Waals surface area contributed by atoms with E-state index in [2.05, 4.69) is 52.5 Å². The van der Waals surface area contributed by atoms with Gasteiger partial charge in [0, 0.05) is 35.9 Å². The second-order valence-electron chi connectivity index (χ2n) is 7.23. The van der Waals surface area contributed by atoms with E-state index >= 15 is 0 Å². The Morgan fingerprint density at radius 1 is 1.20 bits per heavy atom. The molecule has 3 rings (SSSR count). The zero-order valence-electron chi connectivity index (χ0n) is 15.5. The van der Waals surface area contributed by atoms with Crippen molar-refractivity contribution < 1.29 is 0 Å².